The maximum Gasteiger partial charge on any atom is 0.248 e. The highest BCUT2D eigenvalue weighted by molar-refractivity contribution is 14.1. The van der Waals surface area contributed by atoms with Gasteiger partial charge in [0.2, 0.25) is 5.91 Å². The molecule has 0 bridgehead atoms. The van der Waals surface area contributed by atoms with Crippen LogP contribution in [0.15, 0.2) is 31.0 Å². The summed E-state index contributed by atoms with van der Waals surface area (Å²) in [7, 11) is 0. The average Bonchev–Trinajstić information content (AvgIpc) is 2.09. The van der Waals surface area contributed by atoms with Gasteiger partial charge in [0, 0.05) is 9.77 Å². The van der Waals surface area contributed by atoms with E-state index in [1.54, 1.807) is 12.3 Å². The van der Waals surface area contributed by atoms with Crippen LogP contribution in [-0.2, 0) is 4.79 Å². The normalized spacial score (nSPS) is 9.08. The fourth-order valence-electron chi connectivity index (χ4n) is 0.627. The summed E-state index contributed by atoms with van der Waals surface area (Å²) in [6.07, 6.45) is 2.89. The molecular weight excluding hydrogens is 267 g/mol. The average molecular weight is 274 g/mol. The van der Waals surface area contributed by atoms with Crippen molar-refractivity contribution in [2.75, 3.05) is 5.32 Å². The Bertz CT molecular complexity index is 294. The van der Waals surface area contributed by atoms with E-state index in [0.29, 0.717) is 5.82 Å². The highest BCUT2D eigenvalue weighted by Crippen LogP contribution is 2.06. The molecule has 0 aliphatic carbocycles. The number of anilines is 1. The zero-order valence-electron chi connectivity index (χ0n) is 6.25. The molecule has 1 amide bonds. The van der Waals surface area contributed by atoms with Gasteiger partial charge in [-0.3, -0.25) is 4.79 Å². The van der Waals surface area contributed by atoms with Crippen LogP contribution in [-0.4, -0.2) is 10.9 Å². The van der Waals surface area contributed by atoms with Crippen molar-refractivity contribution in [3.05, 3.63) is 34.6 Å². The van der Waals surface area contributed by atoms with Crippen LogP contribution in [0.4, 0.5) is 5.82 Å². The molecule has 1 N–H and O–H groups in total. The quantitative estimate of drug-likeness (QED) is 0.660. The first kappa shape index (κ1) is 9.18. The van der Waals surface area contributed by atoms with Crippen LogP contribution >= 0.6 is 22.6 Å². The minimum atomic E-state index is -0.247. The van der Waals surface area contributed by atoms with Gasteiger partial charge >= 0.3 is 0 Å². The smallest absolute Gasteiger partial charge is 0.248 e. The summed E-state index contributed by atoms with van der Waals surface area (Å²) in [4.78, 5) is 14.8. The minimum absolute atomic E-state index is 0.247. The number of carbonyl (C=O) groups is 1. The molecule has 0 aliphatic rings. The van der Waals surface area contributed by atoms with E-state index >= 15 is 0 Å². The SMILES string of the molecule is C=CC(=O)Nc1ccc(I)cn1. The maximum absolute atomic E-state index is 10.8. The summed E-state index contributed by atoms with van der Waals surface area (Å²) in [6, 6.07) is 3.61. The molecule has 12 heavy (non-hydrogen) atoms. The number of pyridine rings is 1. The Morgan fingerprint density at radius 2 is 2.42 bits per heavy atom. The molecular formula is C8H7IN2O. The van der Waals surface area contributed by atoms with Crippen molar-refractivity contribution in [3.63, 3.8) is 0 Å². The summed E-state index contributed by atoms with van der Waals surface area (Å²) in [5, 5.41) is 2.55. The van der Waals surface area contributed by atoms with Crippen LogP contribution in [0.1, 0.15) is 0 Å². The van der Waals surface area contributed by atoms with Crippen molar-refractivity contribution in [1.29, 1.82) is 0 Å². The van der Waals surface area contributed by atoms with Crippen LogP contribution in [0, 0.1) is 3.57 Å². The van der Waals surface area contributed by atoms with Crippen LogP contribution in [0.3, 0.4) is 0 Å². The predicted molar refractivity (Wildman–Crippen MR) is 55.8 cm³/mol. The first-order valence-corrected chi connectivity index (χ1v) is 4.35. The monoisotopic (exact) mass is 274 g/mol. The fourth-order valence-corrected chi connectivity index (χ4v) is 0.946. The lowest BCUT2D eigenvalue weighted by Crippen LogP contribution is -2.08. The van der Waals surface area contributed by atoms with Gasteiger partial charge in [-0.05, 0) is 40.8 Å². The van der Waals surface area contributed by atoms with Gasteiger partial charge in [-0.25, -0.2) is 4.98 Å². The lowest BCUT2D eigenvalue weighted by molar-refractivity contribution is -0.111. The summed E-state index contributed by atoms with van der Waals surface area (Å²) >= 11 is 2.14. The third kappa shape index (κ3) is 2.61. The number of nitrogens with one attached hydrogen (secondary N) is 1. The third-order valence-corrected chi connectivity index (χ3v) is 1.80. The number of hydrogen-bond acceptors (Lipinski definition) is 2. The van der Waals surface area contributed by atoms with Gasteiger partial charge in [0.05, 0.1) is 0 Å². The van der Waals surface area contributed by atoms with Crippen LogP contribution in [0.25, 0.3) is 0 Å². The van der Waals surface area contributed by atoms with Gasteiger partial charge in [0.25, 0.3) is 0 Å². The molecule has 3 nitrogen and oxygen atoms in total. The summed E-state index contributed by atoms with van der Waals surface area (Å²) in [5.74, 6) is 0.295. The number of rotatable bonds is 2. The molecule has 0 radical (unpaired) electrons. The summed E-state index contributed by atoms with van der Waals surface area (Å²) < 4.78 is 1.03. The maximum atomic E-state index is 10.8. The second-order valence-corrected chi connectivity index (χ2v) is 3.30. The van der Waals surface area contributed by atoms with E-state index in [4.69, 9.17) is 0 Å². The third-order valence-electron chi connectivity index (χ3n) is 1.16. The van der Waals surface area contributed by atoms with Crippen molar-refractivity contribution in [2.45, 2.75) is 0 Å². The van der Waals surface area contributed by atoms with E-state index < -0.39 is 0 Å². The van der Waals surface area contributed by atoms with Crippen molar-refractivity contribution >= 4 is 34.3 Å². The van der Waals surface area contributed by atoms with Crippen LogP contribution in [0.5, 0.6) is 0 Å². The lowest BCUT2D eigenvalue weighted by Gasteiger charge is -1.99. The molecule has 0 saturated heterocycles. The molecule has 1 aromatic rings. The first-order valence-electron chi connectivity index (χ1n) is 3.27. The molecule has 0 spiro atoms. The molecule has 0 unspecified atom stereocenters. The molecule has 4 heteroatoms. The number of nitrogens with zero attached hydrogens (tertiary/aromatic N) is 1. The lowest BCUT2D eigenvalue weighted by atomic mass is 10.4. The zero-order chi connectivity index (χ0) is 8.97. The zero-order valence-corrected chi connectivity index (χ0v) is 8.41. The highest BCUT2D eigenvalue weighted by Gasteiger charge is 1.96. The standard InChI is InChI=1S/C8H7IN2O/c1-2-8(12)11-7-4-3-6(9)5-10-7/h2-5H,1H2,(H,10,11,12). The van der Waals surface area contributed by atoms with Gasteiger partial charge in [0.1, 0.15) is 5.82 Å². The Morgan fingerprint density at radius 3 is 2.92 bits per heavy atom. The van der Waals surface area contributed by atoms with Crippen LogP contribution < -0.4 is 5.32 Å². The van der Waals surface area contributed by atoms with Crippen molar-refractivity contribution < 1.29 is 4.79 Å². The fraction of sp³-hybridized carbons (Fsp3) is 0. The Hall–Kier alpha value is -0.910. The molecule has 0 atom stereocenters. The molecule has 1 rings (SSSR count). The molecule has 0 fully saturated rings. The van der Waals surface area contributed by atoms with Gasteiger partial charge in [-0.15, -0.1) is 0 Å². The van der Waals surface area contributed by atoms with E-state index in [0.717, 1.165) is 3.57 Å². The number of carbonyl (C=O) groups excluding carboxylic acids is 1. The van der Waals surface area contributed by atoms with Crippen molar-refractivity contribution in [3.8, 4) is 0 Å². The van der Waals surface area contributed by atoms with E-state index in [-0.39, 0.29) is 5.91 Å². The number of amides is 1. The van der Waals surface area contributed by atoms with Crippen molar-refractivity contribution in [1.82, 2.24) is 4.98 Å². The Balaban J connectivity index is 2.71. The molecule has 1 aromatic heterocycles. The first-order chi connectivity index (χ1) is 5.72. The Labute approximate surface area is 84.0 Å². The van der Waals surface area contributed by atoms with Gasteiger partial charge in [-0.2, -0.15) is 0 Å². The van der Waals surface area contributed by atoms with E-state index in [1.165, 1.54) is 6.08 Å². The van der Waals surface area contributed by atoms with Gasteiger partial charge in [-0.1, -0.05) is 6.58 Å². The second kappa shape index (κ2) is 4.20. The second-order valence-electron chi connectivity index (χ2n) is 2.06. The van der Waals surface area contributed by atoms with Gasteiger partial charge in [0.15, 0.2) is 0 Å². The van der Waals surface area contributed by atoms with E-state index in [1.807, 2.05) is 6.07 Å². The molecule has 0 aliphatic heterocycles. The Morgan fingerprint density at radius 1 is 1.67 bits per heavy atom. The minimum Gasteiger partial charge on any atom is -0.307 e. The topological polar surface area (TPSA) is 42.0 Å². The molecule has 0 aromatic carbocycles. The predicted octanol–water partition coefficient (Wildman–Crippen LogP) is 1.81. The Kier molecular flexibility index (Phi) is 3.21. The largest absolute Gasteiger partial charge is 0.307 e. The van der Waals surface area contributed by atoms with E-state index in [9.17, 15) is 4.79 Å². The number of aromatic nitrogens is 1. The highest BCUT2D eigenvalue weighted by atomic mass is 127. The number of hydrogen-bond donors (Lipinski definition) is 1. The summed E-state index contributed by atoms with van der Waals surface area (Å²) in [5.41, 5.74) is 0. The van der Waals surface area contributed by atoms with E-state index in [2.05, 4.69) is 39.5 Å². The summed E-state index contributed by atoms with van der Waals surface area (Å²) in [6.45, 7) is 3.33. The molecule has 62 valence electrons. The molecule has 0 saturated carbocycles. The van der Waals surface area contributed by atoms with Crippen LogP contribution in [0.2, 0.25) is 0 Å². The molecule has 1 heterocycles. The van der Waals surface area contributed by atoms with Crippen molar-refractivity contribution in [2.24, 2.45) is 0 Å². The van der Waals surface area contributed by atoms with Gasteiger partial charge < -0.3 is 5.32 Å². The number of halogens is 1.